The number of pyridine rings is 2. The van der Waals surface area contributed by atoms with Crippen LogP contribution in [0.2, 0.25) is 0 Å². The minimum Gasteiger partial charge on any atom is -0.325 e. The van der Waals surface area contributed by atoms with Gasteiger partial charge in [0.2, 0.25) is 0 Å². The standard InChI is InChI=1S/C13H14N4O/c1-9-12(3-2-5-15-9)17-13(18)10-4-6-16-11(7-10)8-14/h2-7H,8,14H2,1H3,(H,17,18). The molecule has 0 radical (unpaired) electrons. The summed E-state index contributed by atoms with van der Waals surface area (Å²) in [5.74, 6) is -0.191. The highest BCUT2D eigenvalue weighted by Crippen LogP contribution is 2.12. The number of amides is 1. The zero-order valence-corrected chi connectivity index (χ0v) is 10.1. The van der Waals surface area contributed by atoms with E-state index < -0.39 is 0 Å². The highest BCUT2D eigenvalue weighted by atomic mass is 16.1. The van der Waals surface area contributed by atoms with Gasteiger partial charge in [-0.05, 0) is 31.2 Å². The van der Waals surface area contributed by atoms with Crippen LogP contribution in [0.4, 0.5) is 5.69 Å². The van der Waals surface area contributed by atoms with Gasteiger partial charge in [-0.25, -0.2) is 0 Å². The number of anilines is 1. The molecule has 0 aliphatic carbocycles. The van der Waals surface area contributed by atoms with Gasteiger partial charge in [0.1, 0.15) is 0 Å². The lowest BCUT2D eigenvalue weighted by Crippen LogP contribution is -2.14. The molecule has 0 aliphatic rings. The number of nitrogens with one attached hydrogen (secondary N) is 1. The van der Waals surface area contributed by atoms with E-state index in [0.29, 0.717) is 23.5 Å². The molecule has 5 nitrogen and oxygen atoms in total. The van der Waals surface area contributed by atoms with Crippen molar-refractivity contribution in [2.75, 3.05) is 5.32 Å². The van der Waals surface area contributed by atoms with Crippen LogP contribution in [0.3, 0.4) is 0 Å². The van der Waals surface area contributed by atoms with Crippen LogP contribution >= 0.6 is 0 Å². The molecule has 2 aromatic rings. The van der Waals surface area contributed by atoms with E-state index in [4.69, 9.17) is 5.73 Å². The third kappa shape index (κ3) is 2.70. The van der Waals surface area contributed by atoms with Gasteiger partial charge in [-0.2, -0.15) is 0 Å². The number of nitrogens with two attached hydrogens (primary N) is 1. The predicted octanol–water partition coefficient (Wildman–Crippen LogP) is 1.50. The van der Waals surface area contributed by atoms with Crippen LogP contribution in [-0.2, 0) is 6.54 Å². The smallest absolute Gasteiger partial charge is 0.255 e. The Morgan fingerprint density at radius 1 is 1.33 bits per heavy atom. The molecule has 1 amide bonds. The van der Waals surface area contributed by atoms with Gasteiger partial charge < -0.3 is 11.1 Å². The highest BCUT2D eigenvalue weighted by Gasteiger charge is 2.08. The zero-order valence-electron chi connectivity index (χ0n) is 10.1. The van der Waals surface area contributed by atoms with Crippen molar-refractivity contribution in [2.24, 2.45) is 5.73 Å². The van der Waals surface area contributed by atoms with Crippen LogP contribution in [0.25, 0.3) is 0 Å². The van der Waals surface area contributed by atoms with Crippen LogP contribution in [0.15, 0.2) is 36.7 Å². The van der Waals surface area contributed by atoms with Gasteiger partial charge in [0.15, 0.2) is 0 Å². The van der Waals surface area contributed by atoms with Crippen molar-refractivity contribution in [1.82, 2.24) is 9.97 Å². The lowest BCUT2D eigenvalue weighted by atomic mass is 10.2. The van der Waals surface area contributed by atoms with Gasteiger partial charge in [0, 0.05) is 24.5 Å². The molecule has 0 aromatic carbocycles. The van der Waals surface area contributed by atoms with Crippen molar-refractivity contribution >= 4 is 11.6 Å². The van der Waals surface area contributed by atoms with E-state index in [1.54, 1.807) is 30.6 Å². The molecule has 0 fully saturated rings. The number of carbonyl (C=O) groups excluding carboxylic acids is 1. The summed E-state index contributed by atoms with van der Waals surface area (Å²) in [5, 5.41) is 2.81. The second-order valence-corrected chi connectivity index (χ2v) is 3.83. The van der Waals surface area contributed by atoms with Crippen LogP contribution < -0.4 is 11.1 Å². The Balaban J connectivity index is 2.19. The van der Waals surface area contributed by atoms with Gasteiger partial charge in [-0.1, -0.05) is 0 Å². The second-order valence-electron chi connectivity index (χ2n) is 3.83. The fourth-order valence-electron chi connectivity index (χ4n) is 1.54. The maximum Gasteiger partial charge on any atom is 0.255 e. The molecule has 0 saturated carbocycles. The number of aryl methyl sites for hydroxylation is 1. The van der Waals surface area contributed by atoms with Crippen LogP contribution in [-0.4, -0.2) is 15.9 Å². The quantitative estimate of drug-likeness (QED) is 0.854. The van der Waals surface area contributed by atoms with E-state index in [1.165, 1.54) is 0 Å². The Labute approximate surface area is 105 Å². The molecule has 0 bridgehead atoms. The summed E-state index contributed by atoms with van der Waals surface area (Å²) in [6, 6.07) is 6.92. The first kappa shape index (κ1) is 12.2. The molecule has 92 valence electrons. The van der Waals surface area contributed by atoms with Crippen molar-refractivity contribution < 1.29 is 4.79 Å². The number of hydrogen-bond acceptors (Lipinski definition) is 4. The number of nitrogens with zero attached hydrogens (tertiary/aromatic N) is 2. The normalized spacial score (nSPS) is 10.1. The lowest BCUT2D eigenvalue weighted by Gasteiger charge is -2.07. The molecule has 2 rings (SSSR count). The number of carbonyl (C=O) groups is 1. The molecule has 18 heavy (non-hydrogen) atoms. The number of aromatic nitrogens is 2. The van der Waals surface area contributed by atoms with Gasteiger partial charge in [-0.3, -0.25) is 14.8 Å². The van der Waals surface area contributed by atoms with E-state index >= 15 is 0 Å². The first-order chi connectivity index (χ1) is 8.70. The first-order valence-electron chi connectivity index (χ1n) is 5.58. The maximum atomic E-state index is 12.0. The topological polar surface area (TPSA) is 80.9 Å². The molecule has 0 aliphatic heterocycles. The summed E-state index contributed by atoms with van der Waals surface area (Å²) in [6.07, 6.45) is 3.26. The van der Waals surface area contributed by atoms with Crippen molar-refractivity contribution in [3.63, 3.8) is 0 Å². The van der Waals surface area contributed by atoms with E-state index in [9.17, 15) is 4.79 Å². The summed E-state index contributed by atoms with van der Waals surface area (Å²) in [6.45, 7) is 2.15. The fraction of sp³-hybridized carbons (Fsp3) is 0.154. The van der Waals surface area contributed by atoms with E-state index in [0.717, 1.165) is 5.69 Å². The molecule has 3 N–H and O–H groups in total. The Morgan fingerprint density at radius 2 is 2.17 bits per heavy atom. The predicted molar refractivity (Wildman–Crippen MR) is 69.1 cm³/mol. The molecule has 2 heterocycles. The summed E-state index contributed by atoms with van der Waals surface area (Å²) in [7, 11) is 0. The summed E-state index contributed by atoms with van der Waals surface area (Å²) in [4.78, 5) is 20.2. The second kappa shape index (κ2) is 5.37. The SMILES string of the molecule is Cc1ncccc1NC(=O)c1ccnc(CN)c1. The van der Waals surface area contributed by atoms with Crippen LogP contribution in [0.5, 0.6) is 0 Å². The highest BCUT2D eigenvalue weighted by molar-refractivity contribution is 6.04. The molecule has 0 spiro atoms. The van der Waals surface area contributed by atoms with Gasteiger partial charge in [0.25, 0.3) is 5.91 Å². The summed E-state index contributed by atoms with van der Waals surface area (Å²) in [5.41, 5.74) is 8.19. The Morgan fingerprint density at radius 3 is 2.89 bits per heavy atom. The third-order valence-corrected chi connectivity index (χ3v) is 2.54. The zero-order chi connectivity index (χ0) is 13.0. The summed E-state index contributed by atoms with van der Waals surface area (Å²) >= 11 is 0. The molecule has 0 unspecified atom stereocenters. The van der Waals surface area contributed by atoms with E-state index in [-0.39, 0.29) is 5.91 Å². The van der Waals surface area contributed by atoms with Crippen molar-refractivity contribution in [3.8, 4) is 0 Å². The maximum absolute atomic E-state index is 12.0. The third-order valence-electron chi connectivity index (χ3n) is 2.54. The van der Waals surface area contributed by atoms with E-state index in [1.807, 2.05) is 13.0 Å². The molecule has 0 saturated heterocycles. The molecular weight excluding hydrogens is 228 g/mol. The van der Waals surface area contributed by atoms with E-state index in [2.05, 4.69) is 15.3 Å². The molecular formula is C13H14N4O. The Kier molecular flexibility index (Phi) is 3.64. The molecule has 0 atom stereocenters. The average Bonchev–Trinajstić information content (AvgIpc) is 2.41. The Bertz CT molecular complexity index is 568. The average molecular weight is 242 g/mol. The minimum absolute atomic E-state index is 0.191. The van der Waals surface area contributed by atoms with Crippen LogP contribution in [0, 0.1) is 6.92 Å². The van der Waals surface area contributed by atoms with Gasteiger partial charge >= 0.3 is 0 Å². The molecule has 2 aromatic heterocycles. The minimum atomic E-state index is -0.191. The van der Waals surface area contributed by atoms with Gasteiger partial charge in [0.05, 0.1) is 17.1 Å². The number of rotatable bonds is 3. The number of hydrogen-bond donors (Lipinski definition) is 2. The van der Waals surface area contributed by atoms with Crippen LogP contribution in [0.1, 0.15) is 21.7 Å². The van der Waals surface area contributed by atoms with Crippen molar-refractivity contribution in [3.05, 3.63) is 53.6 Å². The fourth-order valence-corrected chi connectivity index (χ4v) is 1.54. The Hall–Kier alpha value is -2.27. The van der Waals surface area contributed by atoms with Gasteiger partial charge in [-0.15, -0.1) is 0 Å². The van der Waals surface area contributed by atoms with Crippen molar-refractivity contribution in [2.45, 2.75) is 13.5 Å². The first-order valence-corrected chi connectivity index (χ1v) is 5.58. The lowest BCUT2D eigenvalue weighted by molar-refractivity contribution is 0.102. The molecule has 5 heteroatoms. The summed E-state index contributed by atoms with van der Waals surface area (Å²) < 4.78 is 0. The largest absolute Gasteiger partial charge is 0.325 e. The van der Waals surface area contributed by atoms with Crippen molar-refractivity contribution in [1.29, 1.82) is 0 Å². The monoisotopic (exact) mass is 242 g/mol.